The molecule has 0 aliphatic rings. The Kier molecular flexibility index (Phi) is 3.79. The summed E-state index contributed by atoms with van der Waals surface area (Å²) < 4.78 is 6.76. The highest BCUT2D eigenvalue weighted by molar-refractivity contribution is 5.78. The quantitative estimate of drug-likeness (QED) is 0.660. The largest absolute Gasteiger partial charge is 0.459 e. The number of nitrogens with zero attached hydrogens (tertiary/aromatic N) is 3. The van der Waals surface area contributed by atoms with Gasteiger partial charge in [0.2, 0.25) is 0 Å². The molecule has 1 atom stereocenters. The Balaban J connectivity index is 1.96. The van der Waals surface area contributed by atoms with Crippen molar-refractivity contribution in [1.82, 2.24) is 15.0 Å². The lowest BCUT2D eigenvalue weighted by molar-refractivity contribution is -0.146. The van der Waals surface area contributed by atoms with Gasteiger partial charge in [0.05, 0.1) is 12.1 Å². The second kappa shape index (κ2) is 5.51. The zero-order valence-corrected chi connectivity index (χ0v) is 10.9. The number of nitrogen functional groups attached to an aromatic ring is 1. The lowest BCUT2D eigenvalue weighted by Crippen LogP contribution is -2.13. The first-order valence-corrected chi connectivity index (χ1v) is 5.93. The zero-order chi connectivity index (χ0) is 13.8. The summed E-state index contributed by atoms with van der Waals surface area (Å²) in [5.41, 5.74) is 7.78. The molecule has 1 heterocycles. The Morgan fingerprint density at radius 3 is 2.95 bits per heavy atom. The fraction of sp³-hybridized carbons (Fsp3) is 0.308. The maximum Gasteiger partial charge on any atom is 0.313 e. The van der Waals surface area contributed by atoms with Crippen LogP contribution in [0.2, 0.25) is 0 Å². The summed E-state index contributed by atoms with van der Waals surface area (Å²) in [7, 11) is 1.76. The van der Waals surface area contributed by atoms with Gasteiger partial charge < -0.3 is 10.5 Å². The highest BCUT2D eigenvalue weighted by atomic mass is 16.5. The van der Waals surface area contributed by atoms with E-state index in [0.29, 0.717) is 11.4 Å². The fourth-order valence-electron chi connectivity index (χ4n) is 1.70. The first kappa shape index (κ1) is 13.1. The minimum absolute atomic E-state index is 0.124. The SMILES string of the molecule is CC(C(=O)OCc1cn(C)nn1)c1cccc(N)c1. The van der Waals surface area contributed by atoms with Gasteiger partial charge in [-0.05, 0) is 24.6 Å². The van der Waals surface area contributed by atoms with Crippen LogP contribution in [0, 0.1) is 0 Å². The molecular formula is C13H16N4O2. The molecule has 2 N–H and O–H groups in total. The van der Waals surface area contributed by atoms with E-state index in [1.54, 1.807) is 37.0 Å². The highest BCUT2D eigenvalue weighted by Crippen LogP contribution is 2.19. The van der Waals surface area contributed by atoms with Crippen molar-refractivity contribution in [3.63, 3.8) is 0 Å². The average molecular weight is 260 g/mol. The van der Waals surface area contributed by atoms with Crippen LogP contribution in [0.3, 0.4) is 0 Å². The molecule has 0 saturated heterocycles. The van der Waals surface area contributed by atoms with Crippen molar-refractivity contribution in [3.8, 4) is 0 Å². The molecule has 19 heavy (non-hydrogen) atoms. The fourth-order valence-corrected chi connectivity index (χ4v) is 1.70. The number of carbonyl (C=O) groups is 1. The molecule has 0 bridgehead atoms. The summed E-state index contributed by atoms with van der Waals surface area (Å²) in [6, 6.07) is 7.22. The van der Waals surface area contributed by atoms with E-state index >= 15 is 0 Å². The van der Waals surface area contributed by atoms with Crippen molar-refractivity contribution in [3.05, 3.63) is 41.7 Å². The summed E-state index contributed by atoms with van der Waals surface area (Å²) in [6.45, 7) is 1.91. The van der Waals surface area contributed by atoms with E-state index in [4.69, 9.17) is 10.5 Å². The standard InChI is InChI=1S/C13H16N4O2/c1-9(10-4-3-5-11(14)6-10)13(18)19-8-12-7-17(2)16-15-12/h3-7,9H,8,14H2,1-2H3. The number of rotatable bonds is 4. The van der Waals surface area contributed by atoms with Gasteiger partial charge in [-0.15, -0.1) is 5.10 Å². The third kappa shape index (κ3) is 3.31. The van der Waals surface area contributed by atoms with Crippen LogP contribution in [0.5, 0.6) is 0 Å². The van der Waals surface area contributed by atoms with Gasteiger partial charge in [-0.25, -0.2) is 0 Å². The zero-order valence-electron chi connectivity index (χ0n) is 10.9. The minimum Gasteiger partial charge on any atom is -0.459 e. The summed E-state index contributed by atoms with van der Waals surface area (Å²) in [5.74, 6) is -0.670. The van der Waals surface area contributed by atoms with Gasteiger partial charge in [0.1, 0.15) is 12.3 Å². The number of aromatic nitrogens is 3. The van der Waals surface area contributed by atoms with Gasteiger partial charge in [0.15, 0.2) is 0 Å². The van der Waals surface area contributed by atoms with Crippen LogP contribution in [0.1, 0.15) is 24.1 Å². The number of ether oxygens (including phenoxy) is 1. The lowest BCUT2D eigenvalue weighted by Gasteiger charge is -2.11. The number of nitrogens with two attached hydrogens (primary N) is 1. The highest BCUT2D eigenvalue weighted by Gasteiger charge is 2.17. The summed E-state index contributed by atoms with van der Waals surface area (Å²) in [4.78, 5) is 11.9. The molecule has 0 amide bonds. The Labute approximate surface area is 111 Å². The van der Waals surface area contributed by atoms with E-state index in [1.165, 1.54) is 0 Å². The van der Waals surface area contributed by atoms with Gasteiger partial charge in [-0.2, -0.15) is 0 Å². The number of aryl methyl sites for hydroxylation is 1. The van der Waals surface area contributed by atoms with Gasteiger partial charge in [-0.3, -0.25) is 9.48 Å². The first-order chi connectivity index (χ1) is 9.06. The Morgan fingerprint density at radius 2 is 2.32 bits per heavy atom. The summed E-state index contributed by atoms with van der Waals surface area (Å²) in [5, 5.41) is 7.62. The Hall–Kier alpha value is -2.37. The van der Waals surface area contributed by atoms with E-state index < -0.39 is 0 Å². The Morgan fingerprint density at radius 1 is 1.53 bits per heavy atom. The number of carbonyl (C=O) groups excluding carboxylic acids is 1. The maximum atomic E-state index is 11.9. The monoisotopic (exact) mass is 260 g/mol. The van der Waals surface area contributed by atoms with Crippen LogP contribution < -0.4 is 5.73 Å². The number of anilines is 1. The maximum absolute atomic E-state index is 11.9. The molecule has 6 heteroatoms. The topological polar surface area (TPSA) is 83.0 Å². The number of esters is 1. The van der Waals surface area contributed by atoms with Crippen molar-refractivity contribution in [1.29, 1.82) is 0 Å². The van der Waals surface area contributed by atoms with Crippen molar-refractivity contribution in [2.24, 2.45) is 7.05 Å². The molecule has 0 spiro atoms. The summed E-state index contributed by atoms with van der Waals surface area (Å²) >= 11 is 0. The van der Waals surface area contributed by atoms with Crippen LogP contribution in [0.25, 0.3) is 0 Å². The predicted octanol–water partition coefficient (Wildman–Crippen LogP) is 1.24. The van der Waals surface area contributed by atoms with Crippen LogP contribution in [-0.4, -0.2) is 21.0 Å². The first-order valence-electron chi connectivity index (χ1n) is 5.93. The third-order valence-corrected chi connectivity index (χ3v) is 2.78. The molecule has 0 aliphatic heterocycles. The second-order valence-electron chi connectivity index (χ2n) is 4.38. The molecule has 6 nitrogen and oxygen atoms in total. The normalized spacial score (nSPS) is 12.1. The van der Waals surface area contributed by atoms with Gasteiger partial charge in [-0.1, -0.05) is 17.3 Å². The van der Waals surface area contributed by atoms with Crippen molar-refractivity contribution in [2.75, 3.05) is 5.73 Å². The van der Waals surface area contributed by atoms with Crippen LogP contribution in [0.15, 0.2) is 30.5 Å². The van der Waals surface area contributed by atoms with E-state index in [2.05, 4.69) is 10.3 Å². The molecule has 100 valence electrons. The predicted molar refractivity (Wildman–Crippen MR) is 70.1 cm³/mol. The molecule has 1 aromatic carbocycles. The van der Waals surface area contributed by atoms with Gasteiger partial charge in [0.25, 0.3) is 0 Å². The molecule has 0 fully saturated rings. The van der Waals surface area contributed by atoms with Crippen LogP contribution in [0.4, 0.5) is 5.69 Å². The molecule has 1 unspecified atom stereocenters. The van der Waals surface area contributed by atoms with Crippen LogP contribution in [-0.2, 0) is 23.2 Å². The van der Waals surface area contributed by atoms with Crippen molar-refractivity contribution >= 4 is 11.7 Å². The van der Waals surface area contributed by atoms with E-state index in [0.717, 1.165) is 5.56 Å². The second-order valence-corrected chi connectivity index (χ2v) is 4.38. The smallest absolute Gasteiger partial charge is 0.313 e. The van der Waals surface area contributed by atoms with Gasteiger partial charge >= 0.3 is 5.97 Å². The Bertz CT molecular complexity index is 580. The number of hydrogen-bond donors (Lipinski definition) is 1. The minimum atomic E-state index is -0.361. The molecule has 0 aliphatic carbocycles. The summed E-state index contributed by atoms with van der Waals surface area (Å²) in [6.07, 6.45) is 1.71. The van der Waals surface area contributed by atoms with E-state index in [9.17, 15) is 4.79 Å². The molecular weight excluding hydrogens is 244 g/mol. The molecule has 2 rings (SSSR count). The third-order valence-electron chi connectivity index (χ3n) is 2.78. The lowest BCUT2D eigenvalue weighted by atomic mass is 10.0. The molecule has 1 aromatic heterocycles. The van der Waals surface area contributed by atoms with E-state index in [-0.39, 0.29) is 18.5 Å². The molecule has 0 saturated carbocycles. The van der Waals surface area contributed by atoms with Gasteiger partial charge in [0, 0.05) is 12.7 Å². The van der Waals surface area contributed by atoms with Crippen molar-refractivity contribution < 1.29 is 9.53 Å². The molecule has 0 radical (unpaired) electrons. The van der Waals surface area contributed by atoms with E-state index in [1.807, 2.05) is 12.1 Å². The number of hydrogen-bond acceptors (Lipinski definition) is 5. The molecule has 2 aromatic rings. The van der Waals surface area contributed by atoms with Crippen LogP contribution >= 0.6 is 0 Å². The average Bonchev–Trinajstić information content (AvgIpc) is 2.81. The van der Waals surface area contributed by atoms with Crippen molar-refractivity contribution in [2.45, 2.75) is 19.4 Å². The number of benzene rings is 1.